The van der Waals surface area contributed by atoms with Gasteiger partial charge in [0.05, 0.1) is 11.2 Å². The normalized spacial score (nSPS) is 15.2. The Morgan fingerprint density at radius 2 is 1.93 bits per heavy atom. The van der Waals surface area contributed by atoms with Crippen LogP contribution in [0, 0.1) is 0 Å². The number of thiocarbonyl (C=S) groups is 1. The van der Waals surface area contributed by atoms with Crippen molar-refractivity contribution < 1.29 is 14.7 Å². The third-order valence-electron chi connectivity index (χ3n) is 4.23. The first-order valence-corrected chi connectivity index (χ1v) is 8.37. The molecule has 8 nitrogen and oxygen atoms in total. The molecule has 1 aromatic heterocycles. The number of carbonyl (C=O) groups excluding carboxylic acids is 2. The number of benzene rings is 1. The highest BCUT2D eigenvalue weighted by molar-refractivity contribution is 7.80. The number of hydrogen-bond donors (Lipinski definition) is 1. The van der Waals surface area contributed by atoms with Crippen molar-refractivity contribution in [2.75, 3.05) is 6.54 Å². The Hall–Kier alpha value is -3.33. The smallest absolute Gasteiger partial charge is 0.339 e. The molecule has 0 spiro atoms. The van der Waals surface area contributed by atoms with Crippen molar-refractivity contribution in [1.82, 2.24) is 14.5 Å². The van der Waals surface area contributed by atoms with E-state index in [4.69, 9.17) is 12.2 Å². The van der Waals surface area contributed by atoms with Gasteiger partial charge in [-0.15, -0.1) is 6.58 Å². The lowest BCUT2D eigenvalue weighted by Gasteiger charge is -2.15. The maximum Gasteiger partial charge on any atom is 0.339 e. The van der Waals surface area contributed by atoms with Crippen molar-refractivity contribution in [3.63, 3.8) is 0 Å². The number of hydrazone groups is 1. The molecule has 9 heteroatoms. The van der Waals surface area contributed by atoms with Gasteiger partial charge in [-0.1, -0.05) is 18.2 Å². The highest BCUT2D eigenvalue weighted by Gasteiger charge is 2.41. The van der Waals surface area contributed by atoms with Gasteiger partial charge < -0.3 is 9.67 Å². The van der Waals surface area contributed by atoms with Crippen LogP contribution in [0.4, 0.5) is 0 Å². The molecule has 2 aromatic rings. The Kier molecular flexibility index (Phi) is 4.63. The second-order valence-electron chi connectivity index (χ2n) is 5.89. The Morgan fingerprint density at radius 3 is 2.59 bits per heavy atom. The predicted octanol–water partition coefficient (Wildman–Crippen LogP) is 1.11. The van der Waals surface area contributed by atoms with E-state index in [1.807, 2.05) is 0 Å². The van der Waals surface area contributed by atoms with Gasteiger partial charge in [0.2, 0.25) is 5.11 Å². The highest BCUT2D eigenvalue weighted by Crippen LogP contribution is 2.26. The molecule has 0 bridgehead atoms. The molecule has 1 aliphatic rings. The topological polar surface area (TPSA) is 95.2 Å². The number of carbonyl (C=O) groups is 2. The Morgan fingerprint density at radius 1 is 1.26 bits per heavy atom. The molecule has 0 saturated carbocycles. The second-order valence-corrected chi connectivity index (χ2v) is 6.26. The molecule has 0 radical (unpaired) electrons. The molecular weight excluding hydrogens is 368 g/mol. The first-order valence-electron chi connectivity index (χ1n) is 7.96. The fourth-order valence-corrected chi connectivity index (χ4v) is 3.16. The van der Waals surface area contributed by atoms with Crippen LogP contribution in [0.15, 0.2) is 46.8 Å². The zero-order valence-electron chi connectivity index (χ0n) is 14.7. The number of pyridine rings is 1. The van der Waals surface area contributed by atoms with Crippen molar-refractivity contribution in [2.45, 2.75) is 6.92 Å². The molecule has 138 valence electrons. The Labute approximate surface area is 159 Å². The van der Waals surface area contributed by atoms with Crippen LogP contribution in [-0.4, -0.2) is 48.8 Å². The summed E-state index contributed by atoms with van der Waals surface area (Å²) in [5.41, 5.74) is 0.0557. The van der Waals surface area contributed by atoms with Gasteiger partial charge in [-0.05, 0) is 31.3 Å². The van der Waals surface area contributed by atoms with E-state index < -0.39 is 17.4 Å². The summed E-state index contributed by atoms with van der Waals surface area (Å²) in [6, 6.07) is 6.86. The fraction of sp³-hybridized carbons (Fsp3) is 0.167. The zero-order valence-corrected chi connectivity index (χ0v) is 15.5. The lowest BCUT2D eigenvalue weighted by Crippen LogP contribution is -2.32. The van der Waals surface area contributed by atoms with Gasteiger partial charge >= 0.3 is 11.8 Å². The molecule has 0 atom stereocenters. The van der Waals surface area contributed by atoms with Crippen molar-refractivity contribution in [1.29, 1.82) is 0 Å². The third kappa shape index (κ3) is 2.81. The van der Waals surface area contributed by atoms with Gasteiger partial charge in [-0.2, -0.15) is 10.1 Å². The van der Waals surface area contributed by atoms with Crippen LogP contribution in [0.2, 0.25) is 0 Å². The molecule has 0 unspecified atom stereocenters. The van der Waals surface area contributed by atoms with E-state index in [9.17, 15) is 19.5 Å². The SMILES string of the molecule is C=CCN1C(=O)C(=O)N(/N=C(\C)c2c(O)c3ccccc3n(C)c2=O)C1=S. The maximum absolute atomic E-state index is 12.7. The van der Waals surface area contributed by atoms with Crippen LogP contribution in [0.25, 0.3) is 10.9 Å². The minimum Gasteiger partial charge on any atom is -0.506 e. The van der Waals surface area contributed by atoms with E-state index in [2.05, 4.69) is 11.7 Å². The largest absolute Gasteiger partial charge is 0.506 e. The molecular formula is C18H16N4O4S. The standard InChI is InChI=1S/C18H16N4O4S/c1-4-9-21-16(25)17(26)22(18(21)27)19-10(2)13-14(23)11-7-5-6-8-12(11)20(3)15(13)24/h4-8,23H,1,9H2,2-3H3/b19-10+. The number of fused-ring (bicyclic) bond motifs is 1. The van der Waals surface area contributed by atoms with Crippen LogP contribution < -0.4 is 5.56 Å². The molecule has 1 aliphatic heterocycles. The van der Waals surface area contributed by atoms with Crippen LogP contribution in [0.1, 0.15) is 12.5 Å². The van der Waals surface area contributed by atoms with Gasteiger partial charge in [0.25, 0.3) is 5.56 Å². The molecule has 1 N–H and O–H groups in total. The van der Waals surface area contributed by atoms with E-state index in [0.717, 1.165) is 9.91 Å². The maximum atomic E-state index is 12.7. The summed E-state index contributed by atoms with van der Waals surface area (Å²) in [4.78, 5) is 38.0. The summed E-state index contributed by atoms with van der Waals surface area (Å²) in [6.07, 6.45) is 1.43. The summed E-state index contributed by atoms with van der Waals surface area (Å²) in [7, 11) is 1.57. The molecule has 1 fully saturated rings. The molecule has 27 heavy (non-hydrogen) atoms. The number of aromatic hydroxyl groups is 1. The molecule has 3 rings (SSSR count). The van der Waals surface area contributed by atoms with E-state index >= 15 is 0 Å². The second kappa shape index (κ2) is 6.76. The number of hydrogen-bond acceptors (Lipinski definition) is 6. The lowest BCUT2D eigenvalue weighted by atomic mass is 10.1. The first-order chi connectivity index (χ1) is 12.8. The number of aryl methyl sites for hydroxylation is 1. The molecule has 0 aliphatic carbocycles. The molecule has 1 saturated heterocycles. The number of para-hydroxylation sites is 1. The highest BCUT2D eigenvalue weighted by atomic mass is 32.1. The van der Waals surface area contributed by atoms with Gasteiger partial charge in [0.15, 0.2) is 0 Å². The molecule has 2 amide bonds. The van der Waals surface area contributed by atoms with Gasteiger partial charge in [0, 0.05) is 19.0 Å². The number of aromatic nitrogens is 1. The number of rotatable bonds is 4. The van der Waals surface area contributed by atoms with Crippen LogP contribution in [0.5, 0.6) is 5.75 Å². The van der Waals surface area contributed by atoms with E-state index in [1.165, 1.54) is 17.6 Å². The van der Waals surface area contributed by atoms with Crippen LogP contribution in [0.3, 0.4) is 0 Å². The quantitative estimate of drug-likeness (QED) is 0.369. The molecule has 2 heterocycles. The minimum atomic E-state index is -0.932. The summed E-state index contributed by atoms with van der Waals surface area (Å²) in [5.74, 6) is -2.01. The summed E-state index contributed by atoms with van der Waals surface area (Å²) < 4.78 is 1.38. The van der Waals surface area contributed by atoms with Crippen LogP contribution >= 0.6 is 12.2 Å². The Balaban J connectivity index is 2.14. The van der Waals surface area contributed by atoms with Crippen molar-refractivity contribution in [2.24, 2.45) is 12.1 Å². The van der Waals surface area contributed by atoms with Gasteiger partial charge in [-0.3, -0.25) is 19.3 Å². The third-order valence-corrected chi connectivity index (χ3v) is 4.63. The first kappa shape index (κ1) is 18.5. The monoisotopic (exact) mass is 384 g/mol. The van der Waals surface area contributed by atoms with Crippen LogP contribution in [-0.2, 0) is 16.6 Å². The summed E-state index contributed by atoms with van der Waals surface area (Å²) in [5, 5.41) is 15.8. The predicted molar refractivity (Wildman–Crippen MR) is 104 cm³/mol. The average molecular weight is 384 g/mol. The zero-order chi connectivity index (χ0) is 19.9. The van der Waals surface area contributed by atoms with Crippen molar-refractivity contribution >= 4 is 45.8 Å². The van der Waals surface area contributed by atoms with Gasteiger partial charge in [-0.25, -0.2) is 0 Å². The molecule has 1 aromatic carbocycles. The van der Waals surface area contributed by atoms with Crippen molar-refractivity contribution in [3.05, 3.63) is 52.8 Å². The average Bonchev–Trinajstić information content (AvgIpc) is 2.85. The van der Waals surface area contributed by atoms with Crippen molar-refractivity contribution in [3.8, 4) is 5.75 Å². The van der Waals surface area contributed by atoms with E-state index in [0.29, 0.717) is 10.9 Å². The van der Waals surface area contributed by atoms with E-state index in [-0.39, 0.29) is 28.7 Å². The minimum absolute atomic E-state index is 0.0582. The number of amides is 2. The Bertz CT molecular complexity index is 1100. The lowest BCUT2D eigenvalue weighted by molar-refractivity contribution is -0.143. The summed E-state index contributed by atoms with van der Waals surface area (Å²) in [6.45, 7) is 5.04. The van der Waals surface area contributed by atoms with Gasteiger partial charge in [0.1, 0.15) is 11.3 Å². The number of nitrogens with zero attached hydrogens (tertiary/aromatic N) is 4. The fourth-order valence-electron chi connectivity index (χ4n) is 2.88. The summed E-state index contributed by atoms with van der Waals surface area (Å²) >= 11 is 5.13. The van der Waals surface area contributed by atoms with E-state index in [1.54, 1.807) is 31.3 Å².